The van der Waals surface area contributed by atoms with Gasteiger partial charge in [0.2, 0.25) is 5.91 Å². The van der Waals surface area contributed by atoms with E-state index in [1.54, 1.807) is 30.3 Å². The highest BCUT2D eigenvalue weighted by Crippen LogP contribution is 2.29. The lowest BCUT2D eigenvalue weighted by Crippen LogP contribution is -2.07. The third kappa shape index (κ3) is 2.73. The van der Waals surface area contributed by atoms with Gasteiger partial charge >= 0.3 is 0 Å². The van der Waals surface area contributed by atoms with Crippen molar-refractivity contribution >= 4 is 34.2 Å². The van der Waals surface area contributed by atoms with Crippen molar-refractivity contribution in [2.75, 3.05) is 5.32 Å². The molecule has 3 rings (SSSR count). The molecule has 22 heavy (non-hydrogen) atoms. The van der Waals surface area contributed by atoms with Crippen molar-refractivity contribution in [1.82, 2.24) is 0 Å². The highest BCUT2D eigenvalue weighted by atomic mass is 35.5. The number of hydrogen-bond donors (Lipinski definition) is 1. The monoisotopic (exact) mass is 313 g/mol. The van der Waals surface area contributed by atoms with Gasteiger partial charge in [-0.15, -0.1) is 0 Å². The molecule has 1 N–H and O–H groups in total. The van der Waals surface area contributed by atoms with Crippen LogP contribution in [-0.2, 0) is 4.79 Å². The fraction of sp³-hybridized carbons (Fsp3) is 0.0588. The van der Waals surface area contributed by atoms with Gasteiger partial charge in [-0.3, -0.25) is 9.59 Å². The number of fused-ring (bicyclic) bond motifs is 1. The Kier molecular flexibility index (Phi) is 3.69. The first-order chi connectivity index (χ1) is 10.5. The first-order valence-corrected chi connectivity index (χ1v) is 7.03. The van der Waals surface area contributed by atoms with Gasteiger partial charge in [-0.1, -0.05) is 23.7 Å². The molecule has 0 spiro atoms. The normalized spacial score (nSPS) is 10.6. The van der Waals surface area contributed by atoms with E-state index >= 15 is 0 Å². The van der Waals surface area contributed by atoms with Crippen LogP contribution in [-0.4, -0.2) is 5.91 Å². The van der Waals surface area contributed by atoms with Gasteiger partial charge in [-0.2, -0.15) is 0 Å². The molecule has 0 aliphatic rings. The van der Waals surface area contributed by atoms with Crippen LogP contribution in [0.15, 0.2) is 57.7 Å². The molecule has 0 unspecified atom stereocenters. The molecule has 1 amide bonds. The molecular formula is C17H12ClNO3. The summed E-state index contributed by atoms with van der Waals surface area (Å²) in [5.41, 5.74) is 1.46. The first-order valence-electron chi connectivity index (χ1n) is 6.65. The van der Waals surface area contributed by atoms with E-state index in [0.717, 1.165) is 0 Å². The number of hydrogen-bond acceptors (Lipinski definition) is 3. The van der Waals surface area contributed by atoms with Gasteiger partial charge in [0, 0.05) is 24.2 Å². The molecule has 0 aliphatic heterocycles. The Labute approximate surface area is 131 Å². The van der Waals surface area contributed by atoms with Gasteiger partial charge in [0.15, 0.2) is 5.43 Å². The Morgan fingerprint density at radius 1 is 1.14 bits per heavy atom. The standard InChI is InChI=1S/C17H12ClNO3/c1-10(20)19-11-6-7-16-13(8-11)15(21)9-17(22-16)12-4-2-3-5-14(12)18/h2-9H,1H3,(H,19,20). The zero-order valence-corrected chi connectivity index (χ0v) is 12.5. The summed E-state index contributed by atoms with van der Waals surface area (Å²) < 4.78 is 5.77. The summed E-state index contributed by atoms with van der Waals surface area (Å²) in [5, 5.41) is 3.56. The lowest BCUT2D eigenvalue weighted by atomic mass is 10.1. The maximum Gasteiger partial charge on any atom is 0.221 e. The maximum atomic E-state index is 12.3. The Balaban J connectivity index is 2.16. The van der Waals surface area contributed by atoms with Crippen molar-refractivity contribution < 1.29 is 9.21 Å². The zero-order chi connectivity index (χ0) is 15.7. The number of halogens is 1. The minimum Gasteiger partial charge on any atom is -0.456 e. The topological polar surface area (TPSA) is 59.3 Å². The van der Waals surface area contributed by atoms with Crippen LogP contribution in [0.1, 0.15) is 6.92 Å². The molecule has 2 aromatic carbocycles. The second kappa shape index (κ2) is 5.66. The van der Waals surface area contributed by atoms with Crippen molar-refractivity contribution in [2.24, 2.45) is 0 Å². The number of rotatable bonds is 2. The minimum absolute atomic E-state index is 0.191. The summed E-state index contributed by atoms with van der Waals surface area (Å²) in [4.78, 5) is 23.4. The number of carbonyl (C=O) groups excluding carboxylic acids is 1. The highest BCUT2D eigenvalue weighted by molar-refractivity contribution is 6.33. The number of benzene rings is 2. The van der Waals surface area contributed by atoms with Crippen LogP contribution in [0, 0.1) is 0 Å². The van der Waals surface area contributed by atoms with Gasteiger partial charge in [0.1, 0.15) is 11.3 Å². The third-order valence-electron chi connectivity index (χ3n) is 3.19. The quantitative estimate of drug-likeness (QED) is 0.775. The van der Waals surface area contributed by atoms with E-state index in [1.165, 1.54) is 13.0 Å². The van der Waals surface area contributed by atoms with E-state index in [1.807, 2.05) is 12.1 Å². The Hall–Kier alpha value is -2.59. The zero-order valence-electron chi connectivity index (χ0n) is 11.7. The lowest BCUT2D eigenvalue weighted by molar-refractivity contribution is -0.114. The largest absolute Gasteiger partial charge is 0.456 e. The molecule has 0 fully saturated rings. The van der Waals surface area contributed by atoms with Gasteiger partial charge < -0.3 is 9.73 Å². The van der Waals surface area contributed by atoms with Gasteiger partial charge in [0.05, 0.1) is 10.4 Å². The Morgan fingerprint density at radius 3 is 2.64 bits per heavy atom. The summed E-state index contributed by atoms with van der Waals surface area (Å²) in [6.07, 6.45) is 0. The van der Waals surface area contributed by atoms with Crippen LogP contribution in [0.5, 0.6) is 0 Å². The predicted octanol–water partition coefficient (Wildman–Crippen LogP) is 4.07. The Morgan fingerprint density at radius 2 is 1.91 bits per heavy atom. The second-order valence-corrected chi connectivity index (χ2v) is 5.25. The smallest absolute Gasteiger partial charge is 0.221 e. The number of anilines is 1. The third-order valence-corrected chi connectivity index (χ3v) is 3.52. The average Bonchev–Trinajstić information content (AvgIpc) is 2.47. The van der Waals surface area contributed by atoms with Crippen molar-refractivity contribution in [3.05, 3.63) is 63.8 Å². The van der Waals surface area contributed by atoms with Crippen molar-refractivity contribution in [1.29, 1.82) is 0 Å². The molecule has 0 saturated carbocycles. The molecule has 4 nitrogen and oxygen atoms in total. The first kappa shape index (κ1) is 14.4. The summed E-state index contributed by atoms with van der Waals surface area (Å²) in [7, 11) is 0. The Bertz CT molecular complexity index is 931. The maximum absolute atomic E-state index is 12.3. The number of carbonyl (C=O) groups is 1. The van der Waals surface area contributed by atoms with Crippen molar-refractivity contribution in [3.8, 4) is 11.3 Å². The van der Waals surface area contributed by atoms with E-state index in [9.17, 15) is 9.59 Å². The summed E-state index contributed by atoms with van der Waals surface area (Å²) >= 11 is 6.14. The number of amides is 1. The van der Waals surface area contributed by atoms with Crippen LogP contribution in [0.2, 0.25) is 5.02 Å². The van der Waals surface area contributed by atoms with E-state index in [0.29, 0.717) is 33.0 Å². The molecule has 0 saturated heterocycles. The van der Waals surface area contributed by atoms with E-state index in [4.69, 9.17) is 16.0 Å². The van der Waals surface area contributed by atoms with E-state index < -0.39 is 0 Å². The molecule has 3 aromatic rings. The van der Waals surface area contributed by atoms with Crippen LogP contribution in [0.4, 0.5) is 5.69 Å². The van der Waals surface area contributed by atoms with Gasteiger partial charge in [-0.05, 0) is 30.3 Å². The molecule has 1 aromatic heterocycles. The lowest BCUT2D eigenvalue weighted by Gasteiger charge is -2.06. The summed E-state index contributed by atoms with van der Waals surface area (Å²) in [6, 6.07) is 13.5. The van der Waals surface area contributed by atoms with Crippen LogP contribution < -0.4 is 10.7 Å². The molecule has 0 atom stereocenters. The van der Waals surface area contributed by atoms with Crippen molar-refractivity contribution in [2.45, 2.75) is 6.92 Å². The van der Waals surface area contributed by atoms with Crippen molar-refractivity contribution in [3.63, 3.8) is 0 Å². The molecule has 110 valence electrons. The predicted molar refractivity (Wildman–Crippen MR) is 87.2 cm³/mol. The highest BCUT2D eigenvalue weighted by Gasteiger charge is 2.10. The fourth-order valence-corrected chi connectivity index (χ4v) is 2.46. The molecule has 1 heterocycles. The molecule has 5 heteroatoms. The summed E-state index contributed by atoms with van der Waals surface area (Å²) in [5.74, 6) is 0.215. The van der Waals surface area contributed by atoms with Crippen LogP contribution in [0.25, 0.3) is 22.3 Å². The average molecular weight is 314 g/mol. The van der Waals surface area contributed by atoms with E-state index in [2.05, 4.69) is 5.32 Å². The minimum atomic E-state index is -0.198. The fourth-order valence-electron chi connectivity index (χ4n) is 2.23. The molecule has 0 aliphatic carbocycles. The molecule has 0 bridgehead atoms. The summed E-state index contributed by atoms with van der Waals surface area (Å²) in [6.45, 7) is 1.41. The van der Waals surface area contributed by atoms with Gasteiger partial charge in [-0.25, -0.2) is 0 Å². The SMILES string of the molecule is CC(=O)Nc1ccc2oc(-c3ccccc3Cl)cc(=O)c2c1. The molecular weight excluding hydrogens is 302 g/mol. The van der Waals surface area contributed by atoms with Gasteiger partial charge in [0.25, 0.3) is 0 Å². The second-order valence-electron chi connectivity index (χ2n) is 4.85. The number of nitrogens with one attached hydrogen (secondary N) is 1. The molecule has 0 radical (unpaired) electrons. The van der Waals surface area contributed by atoms with Crippen LogP contribution >= 0.6 is 11.6 Å². The van der Waals surface area contributed by atoms with Crippen LogP contribution in [0.3, 0.4) is 0 Å². The van der Waals surface area contributed by atoms with E-state index in [-0.39, 0.29) is 11.3 Å².